The second kappa shape index (κ2) is 55.1. The molecule has 0 aliphatic carbocycles. The van der Waals surface area contributed by atoms with Gasteiger partial charge in [0.2, 0.25) is 0 Å². The molecule has 0 radical (unpaired) electrons. The van der Waals surface area contributed by atoms with Crippen molar-refractivity contribution in [3.05, 3.63) is 289 Å². The van der Waals surface area contributed by atoms with Crippen LogP contribution in [0.1, 0.15) is 111 Å². The summed E-state index contributed by atoms with van der Waals surface area (Å²) in [5.41, 5.74) is 0. The number of esters is 3. The first-order chi connectivity index (χ1) is 58.3. The number of benzene rings is 9. The zero-order valence-electron chi connectivity index (χ0n) is 70.6. The monoisotopic (exact) mass is 1650 g/mol. The lowest BCUT2D eigenvalue weighted by atomic mass is 10.1. The molecule has 0 N–H and O–H groups in total. The molecule has 118 heavy (non-hydrogen) atoms. The minimum absolute atomic E-state index is 0.00521. The average molecular weight is 1650 g/mol. The molecule has 3 unspecified atom stereocenters. The normalized spacial score (nSPS) is 18.1. The highest BCUT2D eigenvalue weighted by atomic mass is 32.2. The molecule has 9 aromatic carbocycles. The zero-order chi connectivity index (χ0) is 82.1. The first-order valence-electron chi connectivity index (χ1n) is 43.8. The van der Waals surface area contributed by atoms with Gasteiger partial charge in [0.1, 0.15) is 12.1 Å². The first-order valence-corrected chi connectivity index (χ1v) is 47.4. The van der Waals surface area contributed by atoms with Crippen LogP contribution in [-0.4, -0.2) is 216 Å². The van der Waals surface area contributed by atoms with E-state index in [4.69, 9.17) is 14.2 Å². The van der Waals surface area contributed by atoms with E-state index in [0.717, 1.165) is 143 Å². The predicted molar refractivity (Wildman–Crippen MR) is 489 cm³/mol. The topological polar surface area (TPSA) is 141 Å². The van der Waals surface area contributed by atoms with Crippen LogP contribution in [0.5, 0.6) is 0 Å². The second-order valence-electron chi connectivity index (χ2n) is 30.1. The van der Waals surface area contributed by atoms with E-state index in [1.54, 1.807) is 0 Å². The van der Waals surface area contributed by atoms with Crippen molar-refractivity contribution in [1.82, 2.24) is 29.4 Å². The molecule has 6 aliphatic heterocycles. The molecular formula is C100H131N9O6S3. The molecule has 0 saturated carbocycles. The molecule has 9 aromatic rings. The Balaban J connectivity index is 0.000000149. The third-order valence-electron chi connectivity index (χ3n) is 21.8. The molecular weight excluding hydrogens is 1520 g/mol. The summed E-state index contributed by atoms with van der Waals surface area (Å²) in [6.45, 7) is 29.6. The Morgan fingerprint density at radius 3 is 0.788 bits per heavy atom. The van der Waals surface area contributed by atoms with Crippen molar-refractivity contribution in [2.24, 2.45) is 0 Å². The van der Waals surface area contributed by atoms with Gasteiger partial charge in [-0.25, -0.2) is 0 Å². The van der Waals surface area contributed by atoms with E-state index in [-0.39, 0.29) is 68.9 Å². The molecule has 15 nitrogen and oxygen atoms in total. The van der Waals surface area contributed by atoms with Gasteiger partial charge in [-0.05, 0) is 161 Å². The van der Waals surface area contributed by atoms with Gasteiger partial charge in [0.05, 0.1) is 52.3 Å². The fraction of sp³-hybridized carbons (Fsp3) is 0.430. The molecule has 0 amide bonds. The van der Waals surface area contributed by atoms with Crippen LogP contribution in [0.3, 0.4) is 0 Å². The number of cyclic esters (lactones) is 3. The van der Waals surface area contributed by atoms with Crippen LogP contribution in [0.25, 0.3) is 16.0 Å². The summed E-state index contributed by atoms with van der Waals surface area (Å²) in [5, 5.41) is 13.1. The van der Waals surface area contributed by atoms with E-state index >= 15 is 0 Å². The summed E-state index contributed by atoms with van der Waals surface area (Å²) in [6, 6.07) is 96.5. The standard InChI is InChI=1S/3C18H15S.C16H30N3O2.2C15H28N3O2/c3*1-4-10-16(11-5-1)19(17-12-6-2-7-13-17)18-14-8-3-9-15-18;1-2-17-8-4-3-5-9-18-10-12-19(13-11-18)15-7-6-14-21-16(15)20;1-2-16-8-4-3-5-9-17-10-12-18(13-11-17)14-6-7-15(19)20-14;1-2-16-7-4-3-5-8-17-9-11-18(12-10-17)14-6-13-20-15(14)19/h3*1-15H;15H,2-14H2,1H3;2*14H,2-13H2,1H3/q3*+1;3*-1. The van der Waals surface area contributed by atoms with Crippen LogP contribution in [0, 0.1) is 0 Å². The van der Waals surface area contributed by atoms with Crippen LogP contribution >= 0.6 is 0 Å². The number of nitrogens with zero attached hydrogens (tertiary/aromatic N) is 9. The number of rotatable bonds is 33. The summed E-state index contributed by atoms with van der Waals surface area (Å²) in [7, 11) is -0.0439. The molecule has 0 bridgehead atoms. The SMILES string of the molecule is CC[N-]CCCCCN1CCN(C2CCC(=O)O2)CC1.CC[N-]CCCCCN1CCN(C2CCCOC2=O)CC1.CC[N-]CCCCCN1CCN(C2CCOC2=O)CC1.c1ccc([S+](c2ccccc2)c2ccccc2)cc1.c1ccc([S+](c2ccccc2)c2ccccc2)cc1.c1ccc([S+](c2ccccc2)c2ccccc2)cc1. The summed E-state index contributed by atoms with van der Waals surface area (Å²) in [5.74, 6) is -0.0533. The molecule has 18 heteroatoms. The number of hydrogen-bond donors (Lipinski definition) is 0. The van der Waals surface area contributed by atoms with E-state index in [1.807, 2.05) is 0 Å². The van der Waals surface area contributed by atoms with Crippen LogP contribution in [0.15, 0.2) is 317 Å². The zero-order valence-corrected chi connectivity index (χ0v) is 73.0. The number of unbranched alkanes of at least 4 members (excludes halogenated alkanes) is 6. The van der Waals surface area contributed by atoms with Crippen molar-refractivity contribution < 1.29 is 28.6 Å². The Morgan fingerprint density at radius 2 is 0.551 bits per heavy atom. The fourth-order valence-electron chi connectivity index (χ4n) is 15.4. The van der Waals surface area contributed by atoms with Gasteiger partial charge in [-0.1, -0.05) is 223 Å². The Bertz CT molecular complexity index is 3520. The van der Waals surface area contributed by atoms with Crippen LogP contribution < -0.4 is 0 Å². The molecule has 3 atom stereocenters. The predicted octanol–water partition coefficient (Wildman–Crippen LogP) is 19.5. The Kier molecular flexibility index (Phi) is 43.1. The van der Waals surface area contributed by atoms with Crippen molar-refractivity contribution in [3.63, 3.8) is 0 Å². The lowest BCUT2D eigenvalue weighted by Crippen LogP contribution is -2.54. The third-order valence-corrected chi connectivity index (χ3v) is 28.5. The van der Waals surface area contributed by atoms with Gasteiger partial charge in [0.15, 0.2) is 50.3 Å². The maximum Gasteiger partial charge on any atom is 0.323 e. The number of ether oxygens (including phenoxy) is 3. The van der Waals surface area contributed by atoms with E-state index in [1.165, 1.54) is 121 Å². The van der Waals surface area contributed by atoms with Crippen molar-refractivity contribution >= 4 is 50.6 Å². The summed E-state index contributed by atoms with van der Waals surface area (Å²) >= 11 is 0. The molecule has 6 aliphatic rings. The molecule has 0 spiro atoms. The largest absolute Gasteiger partial charge is 0.662 e. The second-order valence-corrected chi connectivity index (χ2v) is 36.2. The van der Waals surface area contributed by atoms with Gasteiger partial charge in [0.25, 0.3) is 0 Å². The van der Waals surface area contributed by atoms with Crippen LogP contribution in [0.4, 0.5) is 0 Å². The smallest absolute Gasteiger partial charge is 0.323 e. The summed E-state index contributed by atoms with van der Waals surface area (Å²) < 4.78 is 15.6. The molecule has 6 saturated heterocycles. The van der Waals surface area contributed by atoms with E-state index in [2.05, 4.69) is 339 Å². The quantitative estimate of drug-likeness (QED) is 0.0167. The Labute approximate surface area is 716 Å². The van der Waals surface area contributed by atoms with Gasteiger partial charge < -0.3 is 44.9 Å². The Morgan fingerprint density at radius 1 is 0.297 bits per heavy atom. The van der Waals surface area contributed by atoms with E-state index < -0.39 is 0 Å². The van der Waals surface area contributed by atoms with Gasteiger partial charge in [-0.15, -0.1) is 19.6 Å². The maximum atomic E-state index is 11.8. The minimum atomic E-state index is -0.0325. The first kappa shape index (κ1) is 92.4. The maximum absolute atomic E-state index is 11.8. The van der Waals surface area contributed by atoms with Crippen molar-refractivity contribution in [2.45, 2.75) is 173 Å². The van der Waals surface area contributed by atoms with Gasteiger partial charge in [-0.2, -0.15) is 19.6 Å². The fourth-order valence-corrected chi connectivity index (χ4v) is 21.7. The van der Waals surface area contributed by atoms with Crippen LogP contribution in [-0.2, 0) is 61.3 Å². The summed E-state index contributed by atoms with van der Waals surface area (Å²) in [6.07, 6.45) is 15.7. The van der Waals surface area contributed by atoms with Crippen molar-refractivity contribution in [2.75, 3.05) is 151 Å². The lowest BCUT2D eigenvalue weighted by molar-refractivity contribution is -0.155. The molecule has 15 rings (SSSR count). The molecule has 6 heterocycles. The molecule has 6 fully saturated rings. The number of hydrogen-bond acceptors (Lipinski definition) is 12. The van der Waals surface area contributed by atoms with Crippen molar-refractivity contribution in [1.29, 1.82) is 0 Å². The number of carbonyl (C=O) groups is 3. The highest BCUT2D eigenvalue weighted by Crippen LogP contribution is 2.34. The highest BCUT2D eigenvalue weighted by molar-refractivity contribution is 7.97. The molecule has 0 aromatic heterocycles. The molecule has 630 valence electrons. The van der Waals surface area contributed by atoms with E-state index in [0.29, 0.717) is 19.6 Å². The number of carbonyl (C=O) groups excluding carboxylic acids is 3. The van der Waals surface area contributed by atoms with Gasteiger partial charge >= 0.3 is 17.9 Å². The summed E-state index contributed by atoms with van der Waals surface area (Å²) in [4.78, 5) is 61.3. The highest BCUT2D eigenvalue weighted by Gasteiger charge is 2.37. The minimum Gasteiger partial charge on any atom is -0.662 e. The van der Waals surface area contributed by atoms with Gasteiger partial charge in [0, 0.05) is 91.4 Å². The third kappa shape index (κ3) is 32.2. The van der Waals surface area contributed by atoms with E-state index in [9.17, 15) is 14.4 Å². The average Bonchev–Trinajstić information content (AvgIpc) is 1.14. The lowest BCUT2D eigenvalue weighted by Gasteiger charge is -2.39. The number of piperazine rings is 3. The van der Waals surface area contributed by atoms with Gasteiger partial charge in [-0.3, -0.25) is 29.1 Å². The van der Waals surface area contributed by atoms with Crippen LogP contribution in [0.2, 0.25) is 0 Å². The Hall–Kier alpha value is -7.92. The van der Waals surface area contributed by atoms with Crippen molar-refractivity contribution in [3.8, 4) is 0 Å².